The van der Waals surface area contributed by atoms with Crippen LogP contribution >= 0.6 is 0 Å². The first-order valence-electron chi connectivity index (χ1n) is 16.4. The number of hydrogen-bond donors (Lipinski definition) is 0. The fourth-order valence-electron chi connectivity index (χ4n) is 5.72. The summed E-state index contributed by atoms with van der Waals surface area (Å²) in [5, 5.41) is 0.546. The van der Waals surface area contributed by atoms with Gasteiger partial charge in [-0.1, -0.05) is 103 Å². The number of rotatable bonds is 19. The Labute approximate surface area is 253 Å². The highest BCUT2D eigenvalue weighted by molar-refractivity contribution is 5.79. The molecule has 1 unspecified atom stereocenters. The van der Waals surface area contributed by atoms with Crippen molar-refractivity contribution >= 4 is 16.8 Å². The summed E-state index contributed by atoms with van der Waals surface area (Å²) in [7, 11) is 1.61. The topological polar surface area (TPSA) is 64.4 Å². The van der Waals surface area contributed by atoms with Crippen LogP contribution in [0.3, 0.4) is 0 Å². The first-order chi connectivity index (χ1) is 20.4. The summed E-state index contributed by atoms with van der Waals surface area (Å²) in [6.45, 7) is 9.04. The number of aryl methyl sites for hydroxylation is 1. The summed E-state index contributed by atoms with van der Waals surface area (Å²) in [6.07, 6.45) is 16.2. The third kappa shape index (κ3) is 9.17. The van der Waals surface area contributed by atoms with Crippen LogP contribution in [0.4, 0.5) is 0 Å². The minimum Gasteiger partial charge on any atom is -0.495 e. The molecule has 3 aromatic rings. The average molecular weight is 576 g/mol. The second-order valence-corrected chi connectivity index (χ2v) is 11.7. The number of benzene rings is 2. The zero-order chi connectivity index (χ0) is 30.3. The van der Waals surface area contributed by atoms with Gasteiger partial charge in [-0.15, -0.1) is 0 Å². The van der Waals surface area contributed by atoms with E-state index < -0.39 is 0 Å². The molecule has 1 atom stereocenters. The van der Waals surface area contributed by atoms with Crippen molar-refractivity contribution in [2.75, 3.05) is 13.7 Å². The summed E-state index contributed by atoms with van der Waals surface area (Å²) >= 11 is 0. The normalized spacial score (nSPS) is 12.0. The molecule has 6 heteroatoms. The molecular weight excluding hydrogens is 522 g/mol. The molecule has 2 aromatic carbocycles. The molecular formula is C36H53N3O3. The van der Waals surface area contributed by atoms with Crippen molar-refractivity contribution in [3.8, 4) is 11.4 Å². The molecule has 0 aliphatic heterocycles. The summed E-state index contributed by atoms with van der Waals surface area (Å²) in [6, 6.07) is 12.9. The quantitative estimate of drug-likeness (QED) is 0.134. The van der Waals surface area contributed by atoms with E-state index in [2.05, 4.69) is 13.8 Å². The molecule has 0 spiro atoms. The van der Waals surface area contributed by atoms with Crippen molar-refractivity contribution in [3.05, 3.63) is 64.2 Å². The zero-order valence-electron chi connectivity index (χ0n) is 26.8. The maximum absolute atomic E-state index is 14.0. The molecule has 0 bridgehead atoms. The average Bonchev–Trinajstić information content (AvgIpc) is 3.00. The van der Waals surface area contributed by atoms with Crippen LogP contribution in [0.1, 0.15) is 128 Å². The standard InChI is InChI=1S/C36H53N3O3/c1-6-8-10-11-12-13-14-15-16-17-18-23-34(40)38(26-9-7-2)29(4)35-37-31-22-20-19-21-30(31)36(41)39(35)32-27-28(3)24-25-33(32)42-5/h19-22,24-25,27,29H,6-18,23,26H2,1-5H3. The van der Waals surface area contributed by atoms with Crippen LogP contribution in [0, 0.1) is 6.92 Å². The maximum Gasteiger partial charge on any atom is 0.266 e. The Morgan fingerprint density at radius 3 is 2.14 bits per heavy atom. The second-order valence-electron chi connectivity index (χ2n) is 11.7. The number of aromatic nitrogens is 2. The Hall–Kier alpha value is -3.15. The van der Waals surface area contributed by atoms with Gasteiger partial charge in [-0.3, -0.25) is 14.2 Å². The molecule has 42 heavy (non-hydrogen) atoms. The molecule has 0 saturated heterocycles. The third-order valence-electron chi connectivity index (χ3n) is 8.29. The fraction of sp³-hybridized carbons (Fsp3) is 0.583. The number of fused-ring (bicyclic) bond motifs is 1. The molecule has 1 heterocycles. The van der Waals surface area contributed by atoms with Crippen LogP contribution < -0.4 is 10.3 Å². The molecule has 230 valence electrons. The summed E-state index contributed by atoms with van der Waals surface area (Å²) in [5.41, 5.74) is 2.15. The first-order valence-corrected chi connectivity index (χ1v) is 16.4. The predicted octanol–water partition coefficient (Wildman–Crippen LogP) is 9.09. The lowest BCUT2D eigenvalue weighted by Gasteiger charge is -2.31. The van der Waals surface area contributed by atoms with Gasteiger partial charge >= 0.3 is 0 Å². The van der Waals surface area contributed by atoms with E-state index in [4.69, 9.17) is 9.72 Å². The third-order valence-corrected chi connectivity index (χ3v) is 8.29. The molecule has 0 aliphatic rings. The zero-order valence-corrected chi connectivity index (χ0v) is 26.8. The second kappa shape index (κ2) is 17.7. The Bertz CT molecular complexity index is 1320. The molecule has 1 aromatic heterocycles. The van der Waals surface area contributed by atoms with E-state index in [1.54, 1.807) is 11.7 Å². The summed E-state index contributed by atoms with van der Waals surface area (Å²) in [5.74, 6) is 1.30. The summed E-state index contributed by atoms with van der Waals surface area (Å²) < 4.78 is 7.34. The van der Waals surface area contributed by atoms with Crippen LogP contribution in [0.25, 0.3) is 16.6 Å². The van der Waals surface area contributed by atoms with Crippen LogP contribution in [-0.4, -0.2) is 34.0 Å². The lowest BCUT2D eigenvalue weighted by atomic mass is 10.0. The van der Waals surface area contributed by atoms with Gasteiger partial charge in [-0.05, 0) is 56.5 Å². The van der Waals surface area contributed by atoms with Gasteiger partial charge in [0, 0.05) is 13.0 Å². The highest BCUT2D eigenvalue weighted by atomic mass is 16.5. The molecule has 0 saturated carbocycles. The monoisotopic (exact) mass is 575 g/mol. The van der Waals surface area contributed by atoms with E-state index in [0.717, 1.165) is 31.2 Å². The number of nitrogens with zero attached hydrogens (tertiary/aromatic N) is 3. The lowest BCUT2D eigenvalue weighted by Crippen LogP contribution is -2.38. The SMILES string of the molecule is CCCCCCCCCCCCCC(=O)N(CCCC)C(C)c1nc2ccccc2c(=O)n1-c1cc(C)ccc1OC. The number of hydrogen-bond acceptors (Lipinski definition) is 4. The number of ether oxygens (including phenoxy) is 1. The fourth-order valence-corrected chi connectivity index (χ4v) is 5.72. The van der Waals surface area contributed by atoms with Gasteiger partial charge in [0.15, 0.2) is 0 Å². The predicted molar refractivity (Wildman–Crippen MR) is 175 cm³/mol. The van der Waals surface area contributed by atoms with Gasteiger partial charge in [-0.2, -0.15) is 0 Å². The molecule has 6 nitrogen and oxygen atoms in total. The largest absolute Gasteiger partial charge is 0.495 e. The van der Waals surface area contributed by atoms with Gasteiger partial charge in [-0.25, -0.2) is 4.98 Å². The van der Waals surface area contributed by atoms with Crippen molar-refractivity contribution < 1.29 is 9.53 Å². The minimum absolute atomic E-state index is 0.136. The van der Waals surface area contributed by atoms with Gasteiger partial charge < -0.3 is 9.64 Å². The van der Waals surface area contributed by atoms with Gasteiger partial charge in [0.05, 0.1) is 29.7 Å². The minimum atomic E-state index is -0.376. The maximum atomic E-state index is 14.0. The number of methoxy groups -OCH3 is 1. The smallest absolute Gasteiger partial charge is 0.266 e. The Morgan fingerprint density at radius 2 is 1.50 bits per heavy atom. The van der Waals surface area contributed by atoms with Crippen molar-refractivity contribution in [1.29, 1.82) is 0 Å². The molecule has 0 N–H and O–H groups in total. The lowest BCUT2D eigenvalue weighted by molar-refractivity contribution is -0.133. The van der Waals surface area contributed by atoms with E-state index >= 15 is 0 Å². The van der Waals surface area contributed by atoms with Crippen molar-refractivity contribution in [1.82, 2.24) is 14.5 Å². The van der Waals surface area contributed by atoms with Crippen LogP contribution in [-0.2, 0) is 4.79 Å². The number of carbonyl (C=O) groups is 1. The molecule has 1 amide bonds. The van der Waals surface area contributed by atoms with Crippen molar-refractivity contribution in [2.24, 2.45) is 0 Å². The molecule has 0 radical (unpaired) electrons. The molecule has 0 aliphatic carbocycles. The van der Waals surface area contributed by atoms with E-state index in [1.807, 2.05) is 61.2 Å². The van der Waals surface area contributed by atoms with Gasteiger partial charge in [0.25, 0.3) is 5.56 Å². The van der Waals surface area contributed by atoms with Gasteiger partial charge in [0.1, 0.15) is 11.6 Å². The molecule has 3 rings (SSSR count). The number of unbranched alkanes of at least 4 members (excludes halogenated alkanes) is 11. The van der Waals surface area contributed by atoms with E-state index in [9.17, 15) is 9.59 Å². The van der Waals surface area contributed by atoms with Crippen LogP contribution in [0.5, 0.6) is 5.75 Å². The van der Waals surface area contributed by atoms with E-state index in [0.29, 0.717) is 41.1 Å². The number of para-hydroxylation sites is 1. The van der Waals surface area contributed by atoms with E-state index in [-0.39, 0.29) is 17.5 Å². The van der Waals surface area contributed by atoms with Crippen molar-refractivity contribution in [2.45, 2.75) is 124 Å². The van der Waals surface area contributed by atoms with Crippen molar-refractivity contribution in [3.63, 3.8) is 0 Å². The Kier molecular flexibility index (Phi) is 14.1. The van der Waals surface area contributed by atoms with E-state index in [1.165, 1.54) is 57.8 Å². The number of amides is 1. The van der Waals surface area contributed by atoms with Crippen LogP contribution in [0.2, 0.25) is 0 Å². The summed E-state index contributed by atoms with van der Waals surface area (Å²) in [4.78, 5) is 34.6. The first kappa shape index (κ1) is 33.4. The Balaban J connectivity index is 1.78. The highest BCUT2D eigenvalue weighted by Crippen LogP contribution is 2.29. The number of carbonyl (C=O) groups excluding carboxylic acids is 1. The highest BCUT2D eigenvalue weighted by Gasteiger charge is 2.27. The molecule has 0 fully saturated rings. The van der Waals surface area contributed by atoms with Gasteiger partial charge in [0.2, 0.25) is 5.91 Å². The van der Waals surface area contributed by atoms with Crippen LogP contribution in [0.15, 0.2) is 47.3 Å². The Morgan fingerprint density at radius 1 is 0.881 bits per heavy atom.